The van der Waals surface area contributed by atoms with Gasteiger partial charge in [-0.15, -0.1) is 0 Å². The SMILES string of the molecule is CCNC(=S)SCC.[Zn]. The van der Waals surface area contributed by atoms with Crippen molar-refractivity contribution in [2.75, 3.05) is 12.3 Å². The number of thiocarbonyl (C=S) groups is 1. The average Bonchev–Trinajstić information content (AvgIpc) is 1.68. The Morgan fingerprint density at radius 3 is 2.44 bits per heavy atom. The predicted molar refractivity (Wildman–Crippen MR) is 44.4 cm³/mol. The molecule has 0 aromatic rings. The molecule has 0 heterocycles. The number of thioether (sulfide) groups is 1. The van der Waals surface area contributed by atoms with Gasteiger partial charge < -0.3 is 5.32 Å². The van der Waals surface area contributed by atoms with Gasteiger partial charge in [0.2, 0.25) is 0 Å². The van der Waals surface area contributed by atoms with Crippen molar-refractivity contribution in [2.45, 2.75) is 13.8 Å². The Morgan fingerprint density at radius 1 is 1.56 bits per heavy atom. The summed E-state index contributed by atoms with van der Waals surface area (Å²) in [6, 6.07) is 0. The van der Waals surface area contributed by atoms with E-state index in [1.165, 1.54) is 0 Å². The van der Waals surface area contributed by atoms with Crippen LogP contribution >= 0.6 is 24.0 Å². The number of rotatable bonds is 2. The van der Waals surface area contributed by atoms with Crippen LogP contribution in [-0.4, -0.2) is 16.6 Å². The summed E-state index contributed by atoms with van der Waals surface area (Å²) in [5.41, 5.74) is 0. The molecule has 0 rings (SSSR count). The minimum absolute atomic E-state index is 0. The molecular formula is C5H11NS2Zn. The second kappa shape index (κ2) is 8.86. The summed E-state index contributed by atoms with van der Waals surface area (Å²) >= 11 is 6.58. The van der Waals surface area contributed by atoms with E-state index in [0.29, 0.717) is 0 Å². The minimum Gasteiger partial charge on any atom is -0.371 e. The van der Waals surface area contributed by atoms with E-state index in [4.69, 9.17) is 12.2 Å². The molecule has 0 aliphatic heterocycles. The third-order valence-corrected chi connectivity index (χ3v) is 1.79. The van der Waals surface area contributed by atoms with Crippen LogP contribution in [-0.2, 0) is 19.5 Å². The smallest absolute Gasteiger partial charge is 0.133 e. The molecule has 0 unspecified atom stereocenters. The summed E-state index contributed by atoms with van der Waals surface area (Å²) in [5.74, 6) is 1.06. The first-order valence-corrected chi connectivity index (χ1v) is 4.11. The van der Waals surface area contributed by atoms with Gasteiger partial charge in [0.25, 0.3) is 0 Å². The van der Waals surface area contributed by atoms with Crippen LogP contribution in [0, 0.1) is 0 Å². The molecule has 0 radical (unpaired) electrons. The topological polar surface area (TPSA) is 12.0 Å². The molecule has 1 N–H and O–H groups in total. The second-order valence-corrected chi connectivity index (χ2v) is 3.19. The fourth-order valence-electron chi connectivity index (χ4n) is 0.326. The Balaban J connectivity index is 0. The van der Waals surface area contributed by atoms with Crippen molar-refractivity contribution >= 4 is 28.3 Å². The van der Waals surface area contributed by atoms with Crippen LogP contribution in [0.25, 0.3) is 0 Å². The average molecular weight is 215 g/mol. The molecule has 0 fully saturated rings. The van der Waals surface area contributed by atoms with Gasteiger partial charge in [-0.05, 0) is 12.7 Å². The van der Waals surface area contributed by atoms with Gasteiger partial charge in [0, 0.05) is 26.0 Å². The molecule has 4 heteroatoms. The molecule has 1 nitrogen and oxygen atoms in total. The van der Waals surface area contributed by atoms with Crippen LogP contribution in [0.3, 0.4) is 0 Å². The first-order valence-electron chi connectivity index (χ1n) is 2.71. The van der Waals surface area contributed by atoms with E-state index in [9.17, 15) is 0 Å². The van der Waals surface area contributed by atoms with E-state index in [2.05, 4.69) is 12.2 Å². The van der Waals surface area contributed by atoms with Crippen molar-refractivity contribution in [3.05, 3.63) is 0 Å². The number of nitrogens with one attached hydrogen (secondary N) is 1. The third-order valence-electron chi connectivity index (χ3n) is 0.597. The van der Waals surface area contributed by atoms with Crippen LogP contribution < -0.4 is 5.32 Å². The monoisotopic (exact) mass is 213 g/mol. The summed E-state index contributed by atoms with van der Waals surface area (Å²) in [7, 11) is 0. The third kappa shape index (κ3) is 8.86. The van der Waals surface area contributed by atoms with E-state index in [0.717, 1.165) is 16.6 Å². The summed E-state index contributed by atoms with van der Waals surface area (Å²) in [6.45, 7) is 5.07. The maximum atomic E-state index is 4.90. The molecule has 0 amide bonds. The Kier molecular flexibility index (Phi) is 12.3. The van der Waals surface area contributed by atoms with Crippen molar-refractivity contribution in [1.82, 2.24) is 5.32 Å². The molecule has 0 aromatic heterocycles. The molecule has 0 spiro atoms. The normalized spacial score (nSPS) is 7.78. The second-order valence-electron chi connectivity index (χ2n) is 1.25. The molecule has 0 aromatic carbocycles. The molecule has 0 aliphatic rings. The standard InChI is InChI=1S/C5H11NS2.Zn/c1-3-6-5(7)8-4-2;/h3-4H2,1-2H3,(H,6,7);. The van der Waals surface area contributed by atoms with Crippen molar-refractivity contribution in [3.8, 4) is 0 Å². The molecule has 9 heavy (non-hydrogen) atoms. The predicted octanol–water partition coefficient (Wildman–Crippen LogP) is 1.63. The molecule has 50 valence electrons. The van der Waals surface area contributed by atoms with Gasteiger partial charge in [-0.3, -0.25) is 0 Å². The number of hydrogen-bond acceptors (Lipinski definition) is 2. The fourth-order valence-corrected chi connectivity index (χ4v) is 1.33. The van der Waals surface area contributed by atoms with Gasteiger partial charge in [0.1, 0.15) is 4.32 Å². The van der Waals surface area contributed by atoms with Crippen molar-refractivity contribution in [2.24, 2.45) is 0 Å². The van der Waals surface area contributed by atoms with E-state index >= 15 is 0 Å². The Hall–Kier alpha value is 0.863. The van der Waals surface area contributed by atoms with Gasteiger partial charge in [-0.1, -0.05) is 30.9 Å². The maximum Gasteiger partial charge on any atom is 0.133 e. The van der Waals surface area contributed by atoms with Crippen molar-refractivity contribution < 1.29 is 19.5 Å². The molecule has 0 saturated heterocycles. The zero-order valence-corrected chi connectivity index (χ0v) is 10.5. The summed E-state index contributed by atoms with van der Waals surface area (Å²) in [6.07, 6.45) is 0. The molecule has 0 atom stereocenters. The van der Waals surface area contributed by atoms with Gasteiger partial charge >= 0.3 is 0 Å². The quantitative estimate of drug-likeness (QED) is 0.555. The molecule has 0 saturated carbocycles. The summed E-state index contributed by atoms with van der Waals surface area (Å²) < 4.78 is 0.912. The van der Waals surface area contributed by atoms with Crippen LogP contribution in [0.1, 0.15) is 13.8 Å². The summed E-state index contributed by atoms with van der Waals surface area (Å²) in [5, 5.41) is 3.04. The minimum atomic E-state index is 0. The Labute approximate surface area is 79.1 Å². The first kappa shape index (κ1) is 12.5. The van der Waals surface area contributed by atoms with Crippen LogP contribution in [0.4, 0.5) is 0 Å². The zero-order chi connectivity index (χ0) is 6.41. The van der Waals surface area contributed by atoms with E-state index in [-0.39, 0.29) is 19.5 Å². The number of hydrogen-bond donors (Lipinski definition) is 1. The van der Waals surface area contributed by atoms with Crippen LogP contribution in [0.5, 0.6) is 0 Å². The Morgan fingerprint density at radius 2 is 2.11 bits per heavy atom. The van der Waals surface area contributed by atoms with Crippen molar-refractivity contribution in [3.63, 3.8) is 0 Å². The molecular weight excluding hydrogens is 204 g/mol. The van der Waals surface area contributed by atoms with Crippen LogP contribution in [0.15, 0.2) is 0 Å². The first-order chi connectivity index (χ1) is 3.81. The zero-order valence-electron chi connectivity index (χ0n) is 5.94. The van der Waals surface area contributed by atoms with Gasteiger partial charge in [-0.25, -0.2) is 0 Å². The van der Waals surface area contributed by atoms with Crippen molar-refractivity contribution in [1.29, 1.82) is 0 Å². The van der Waals surface area contributed by atoms with Gasteiger partial charge in [0.05, 0.1) is 0 Å². The van der Waals surface area contributed by atoms with E-state index in [1.807, 2.05) is 6.92 Å². The van der Waals surface area contributed by atoms with Crippen LogP contribution in [0.2, 0.25) is 0 Å². The fraction of sp³-hybridized carbons (Fsp3) is 0.800. The maximum absolute atomic E-state index is 4.90. The van der Waals surface area contributed by atoms with E-state index in [1.54, 1.807) is 11.8 Å². The molecule has 0 aliphatic carbocycles. The largest absolute Gasteiger partial charge is 0.371 e. The van der Waals surface area contributed by atoms with E-state index < -0.39 is 0 Å². The summed E-state index contributed by atoms with van der Waals surface area (Å²) in [4.78, 5) is 0. The van der Waals surface area contributed by atoms with Gasteiger partial charge in [0.15, 0.2) is 0 Å². The van der Waals surface area contributed by atoms with Gasteiger partial charge in [-0.2, -0.15) is 0 Å². The molecule has 0 bridgehead atoms. The Bertz CT molecular complexity index is 69.4.